The second-order valence-electron chi connectivity index (χ2n) is 5.28. The molecule has 0 aromatic carbocycles. The van der Waals surface area contributed by atoms with Gasteiger partial charge in [0.25, 0.3) is 11.5 Å². The minimum atomic E-state index is -3.26. The topological polar surface area (TPSA) is 79.7 Å². The molecule has 1 aliphatic heterocycles. The summed E-state index contributed by atoms with van der Waals surface area (Å²) in [7, 11) is -1.72. The summed E-state index contributed by atoms with van der Waals surface area (Å²) in [6.07, 6.45) is 1.17. The largest absolute Gasteiger partial charge is 0.334 e. The van der Waals surface area contributed by atoms with Gasteiger partial charge in [-0.3, -0.25) is 9.59 Å². The van der Waals surface area contributed by atoms with Crippen LogP contribution in [0.3, 0.4) is 0 Å². The summed E-state index contributed by atoms with van der Waals surface area (Å²) >= 11 is 0. The Morgan fingerprint density at radius 2 is 1.95 bits per heavy atom. The van der Waals surface area contributed by atoms with Crippen molar-refractivity contribution in [3.63, 3.8) is 0 Å². The third-order valence-corrected chi connectivity index (χ3v) is 5.08. The maximum Gasteiger partial charge on any atom is 0.270 e. The first-order valence-electron chi connectivity index (χ1n) is 6.64. The Labute approximate surface area is 123 Å². The van der Waals surface area contributed by atoms with E-state index in [1.54, 1.807) is 31.0 Å². The van der Waals surface area contributed by atoms with E-state index < -0.39 is 10.0 Å². The van der Waals surface area contributed by atoms with Crippen LogP contribution in [0.5, 0.6) is 0 Å². The zero-order valence-electron chi connectivity index (χ0n) is 12.3. The highest BCUT2D eigenvalue weighted by atomic mass is 32.2. The van der Waals surface area contributed by atoms with E-state index in [2.05, 4.69) is 0 Å². The fourth-order valence-corrected chi connectivity index (χ4v) is 3.69. The minimum Gasteiger partial charge on any atom is -0.334 e. The van der Waals surface area contributed by atoms with Crippen LogP contribution < -0.4 is 5.56 Å². The van der Waals surface area contributed by atoms with Gasteiger partial charge in [0.05, 0.1) is 6.26 Å². The number of nitrogens with zero attached hydrogens (tertiary/aromatic N) is 3. The lowest BCUT2D eigenvalue weighted by Crippen LogP contribution is -2.55. The molecule has 0 unspecified atom stereocenters. The van der Waals surface area contributed by atoms with Gasteiger partial charge in [-0.2, -0.15) is 4.31 Å². The summed E-state index contributed by atoms with van der Waals surface area (Å²) in [4.78, 5) is 25.6. The number of aromatic nitrogens is 1. The average Bonchev–Trinajstić information content (AvgIpc) is 2.39. The van der Waals surface area contributed by atoms with Crippen molar-refractivity contribution in [2.45, 2.75) is 13.0 Å². The molecule has 0 radical (unpaired) electrons. The third-order valence-electron chi connectivity index (χ3n) is 3.68. The summed E-state index contributed by atoms with van der Waals surface area (Å²) in [5.41, 5.74) is 0.0613. The second-order valence-corrected chi connectivity index (χ2v) is 7.22. The zero-order chi connectivity index (χ0) is 15.8. The highest BCUT2D eigenvalue weighted by Gasteiger charge is 2.32. The Bertz CT molecular complexity index is 710. The molecular weight excluding hydrogens is 294 g/mol. The quantitative estimate of drug-likeness (QED) is 0.737. The molecule has 1 aliphatic rings. The molecule has 7 nitrogen and oxygen atoms in total. The van der Waals surface area contributed by atoms with Crippen LogP contribution in [0, 0.1) is 0 Å². The van der Waals surface area contributed by atoms with Crippen molar-refractivity contribution < 1.29 is 13.2 Å². The fraction of sp³-hybridized carbons (Fsp3) is 0.538. The smallest absolute Gasteiger partial charge is 0.270 e. The number of hydrogen-bond donors (Lipinski definition) is 0. The van der Waals surface area contributed by atoms with Crippen molar-refractivity contribution >= 4 is 15.9 Å². The molecule has 0 aliphatic carbocycles. The molecule has 0 N–H and O–H groups in total. The third kappa shape index (κ3) is 3.16. The van der Waals surface area contributed by atoms with Crippen LogP contribution >= 0.6 is 0 Å². The lowest BCUT2D eigenvalue weighted by atomic mass is 10.2. The Balaban J connectivity index is 2.20. The SMILES string of the molecule is C[C@H]1CN(C(=O)c2cccc(=O)n2C)CCN1S(C)(=O)=O. The first-order chi connectivity index (χ1) is 9.71. The van der Waals surface area contributed by atoms with Crippen LogP contribution in [0.15, 0.2) is 23.0 Å². The van der Waals surface area contributed by atoms with E-state index in [9.17, 15) is 18.0 Å². The van der Waals surface area contributed by atoms with E-state index in [1.165, 1.54) is 21.2 Å². The minimum absolute atomic E-state index is 0.247. The van der Waals surface area contributed by atoms with Crippen LogP contribution in [0.4, 0.5) is 0 Å². The van der Waals surface area contributed by atoms with Gasteiger partial charge in [0.1, 0.15) is 5.69 Å². The number of carbonyl (C=O) groups is 1. The number of carbonyl (C=O) groups excluding carboxylic acids is 1. The number of piperazine rings is 1. The molecule has 2 rings (SSSR count). The Morgan fingerprint density at radius 3 is 2.52 bits per heavy atom. The second kappa shape index (κ2) is 5.61. The summed E-state index contributed by atoms with van der Waals surface area (Å²) < 4.78 is 25.9. The van der Waals surface area contributed by atoms with Crippen molar-refractivity contribution in [2.75, 3.05) is 25.9 Å². The first-order valence-corrected chi connectivity index (χ1v) is 8.49. The molecule has 116 valence electrons. The van der Waals surface area contributed by atoms with Crippen LogP contribution in [-0.4, -0.2) is 60.0 Å². The normalized spacial score (nSPS) is 20.5. The van der Waals surface area contributed by atoms with Gasteiger partial charge < -0.3 is 9.47 Å². The fourth-order valence-electron chi connectivity index (χ4n) is 2.56. The molecular formula is C13H19N3O4S. The number of amides is 1. The highest BCUT2D eigenvalue weighted by molar-refractivity contribution is 7.88. The summed E-state index contributed by atoms with van der Waals surface area (Å²) in [5, 5.41) is 0. The average molecular weight is 313 g/mol. The zero-order valence-corrected chi connectivity index (χ0v) is 13.1. The summed E-state index contributed by atoms with van der Waals surface area (Å²) in [6.45, 7) is 2.67. The van der Waals surface area contributed by atoms with Gasteiger partial charge in [-0.1, -0.05) is 6.07 Å². The molecule has 21 heavy (non-hydrogen) atoms. The number of hydrogen-bond acceptors (Lipinski definition) is 4. The Morgan fingerprint density at radius 1 is 1.29 bits per heavy atom. The van der Waals surface area contributed by atoms with Gasteiger partial charge in [-0.15, -0.1) is 0 Å². The van der Waals surface area contributed by atoms with E-state index in [-0.39, 0.29) is 24.1 Å². The maximum atomic E-state index is 12.5. The van der Waals surface area contributed by atoms with E-state index in [1.807, 2.05) is 0 Å². The van der Waals surface area contributed by atoms with Crippen LogP contribution in [0.2, 0.25) is 0 Å². The predicted octanol–water partition coefficient (Wildman–Crippen LogP) is -0.509. The molecule has 0 bridgehead atoms. The monoisotopic (exact) mass is 313 g/mol. The Hall–Kier alpha value is -1.67. The molecule has 0 saturated carbocycles. The molecule has 2 heterocycles. The van der Waals surface area contributed by atoms with Crippen molar-refractivity contribution in [2.24, 2.45) is 7.05 Å². The van der Waals surface area contributed by atoms with E-state index in [0.717, 1.165) is 0 Å². The summed E-state index contributed by atoms with van der Waals surface area (Å²) in [6, 6.07) is 4.25. The van der Waals surface area contributed by atoms with Crippen molar-refractivity contribution in [3.05, 3.63) is 34.2 Å². The van der Waals surface area contributed by atoms with E-state index in [4.69, 9.17) is 0 Å². The van der Waals surface area contributed by atoms with Crippen LogP contribution in [0.25, 0.3) is 0 Å². The van der Waals surface area contributed by atoms with Gasteiger partial charge in [-0.05, 0) is 13.0 Å². The number of sulfonamides is 1. The van der Waals surface area contributed by atoms with Gasteiger partial charge in [0.2, 0.25) is 10.0 Å². The molecule has 1 amide bonds. The maximum absolute atomic E-state index is 12.5. The molecule has 1 aromatic rings. The first kappa shape index (κ1) is 15.7. The molecule has 1 atom stereocenters. The van der Waals surface area contributed by atoms with E-state index in [0.29, 0.717) is 18.8 Å². The van der Waals surface area contributed by atoms with Gasteiger partial charge >= 0.3 is 0 Å². The highest BCUT2D eigenvalue weighted by Crippen LogP contribution is 2.15. The van der Waals surface area contributed by atoms with Gasteiger partial charge in [0.15, 0.2) is 0 Å². The number of rotatable bonds is 2. The molecule has 0 spiro atoms. The van der Waals surface area contributed by atoms with Crippen molar-refractivity contribution in [1.29, 1.82) is 0 Å². The van der Waals surface area contributed by atoms with Gasteiger partial charge in [-0.25, -0.2) is 8.42 Å². The molecule has 1 fully saturated rings. The standard InChI is InChI=1S/C13H19N3O4S/c1-10-9-15(7-8-16(10)21(3,19)20)13(18)11-5-4-6-12(17)14(11)2/h4-6,10H,7-9H2,1-3H3/t10-/m0/s1. The van der Waals surface area contributed by atoms with Gasteiger partial charge in [0, 0.05) is 38.8 Å². The lowest BCUT2D eigenvalue weighted by molar-refractivity contribution is 0.0632. The van der Waals surface area contributed by atoms with Crippen LogP contribution in [0.1, 0.15) is 17.4 Å². The van der Waals surface area contributed by atoms with Crippen molar-refractivity contribution in [1.82, 2.24) is 13.8 Å². The molecule has 1 saturated heterocycles. The Kier molecular flexibility index (Phi) is 4.20. The van der Waals surface area contributed by atoms with Crippen LogP contribution in [-0.2, 0) is 17.1 Å². The van der Waals surface area contributed by atoms with Crippen molar-refractivity contribution in [3.8, 4) is 0 Å². The lowest BCUT2D eigenvalue weighted by Gasteiger charge is -2.38. The van der Waals surface area contributed by atoms with E-state index >= 15 is 0 Å². The predicted molar refractivity (Wildman–Crippen MR) is 78.6 cm³/mol. The molecule has 8 heteroatoms. The number of pyridine rings is 1. The summed E-state index contributed by atoms with van der Waals surface area (Å²) in [5.74, 6) is -0.254. The molecule has 1 aromatic heterocycles.